The summed E-state index contributed by atoms with van der Waals surface area (Å²) < 4.78 is 2.04. The number of amides is 1. The number of imidazole rings is 1. The Morgan fingerprint density at radius 1 is 1.22 bits per heavy atom. The minimum Gasteiger partial charge on any atom is -0.330 e. The molecule has 5 heteroatoms. The van der Waals surface area contributed by atoms with Gasteiger partial charge < -0.3 is 15.5 Å². The highest BCUT2D eigenvalue weighted by molar-refractivity contribution is 5.90. The van der Waals surface area contributed by atoms with Gasteiger partial charge in [-0.25, -0.2) is 4.98 Å². The fraction of sp³-hybridized carbons (Fsp3) is 0.222. The molecule has 0 saturated carbocycles. The van der Waals surface area contributed by atoms with Gasteiger partial charge in [0.05, 0.1) is 17.1 Å². The molecule has 5 nitrogen and oxygen atoms in total. The van der Waals surface area contributed by atoms with E-state index in [4.69, 9.17) is 10.7 Å². The van der Waals surface area contributed by atoms with E-state index in [-0.39, 0.29) is 5.91 Å². The lowest BCUT2D eigenvalue weighted by atomic mass is 10.1. The fourth-order valence-corrected chi connectivity index (χ4v) is 2.69. The normalized spacial score (nSPS) is 10.9. The quantitative estimate of drug-likeness (QED) is 0.761. The Balaban J connectivity index is 2.03. The van der Waals surface area contributed by atoms with Crippen LogP contribution in [0.5, 0.6) is 0 Å². The Morgan fingerprint density at radius 3 is 2.70 bits per heavy atom. The van der Waals surface area contributed by atoms with E-state index in [0.29, 0.717) is 13.0 Å². The molecule has 0 atom stereocenters. The van der Waals surface area contributed by atoms with Gasteiger partial charge in [-0.05, 0) is 18.6 Å². The smallest absolute Gasteiger partial charge is 0.225 e. The van der Waals surface area contributed by atoms with Crippen LogP contribution in [0.3, 0.4) is 0 Å². The molecule has 0 aliphatic heterocycles. The summed E-state index contributed by atoms with van der Waals surface area (Å²) in [5.74, 6) is -0.0757. The molecule has 0 aliphatic rings. The highest BCUT2D eigenvalue weighted by Gasteiger charge is 2.13. The topological polar surface area (TPSA) is 72.4 Å². The molecule has 0 spiro atoms. The van der Waals surface area contributed by atoms with Gasteiger partial charge in [0.1, 0.15) is 5.65 Å². The second-order valence-corrected chi connectivity index (χ2v) is 5.36. The SMILES string of the molecule is CCc1c(-c2ccccc2)nc2ccc(NC(=O)CCN)cn12. The van der Waals surface area contributed by atoms with Gasteiger partial charge in [0.2, 0.25) is 5.91 Å². The number of carbonyl (C=O) groups excluding carboxylic acids is 1. The maximum Gasteiger partial charge on any atom is 0.225 e. The summed E-state index contributed by atoms with van der Waals surface area (Å²) in [5, 5.41) is 2.87. The number of fused-ring (bicyclic) bond motifs is 1. The van der Waals surface area contributed by atoms with Crippen LogP contribution in [0.2, 0.25) is 0 Å². The molecule has 118 valence electrons. The molecule has 2 aromatic heterocycles. The number of nitrogens with one attached hydrogen (secondary N) is 1. The third-order valence-electron chi connectivity index (χ3n) is 3.75. The van der Waals surface area contributed by atoms with E-state index in [1.165, 1.54) is 0 Å². The van der Waals surface area contributed by atoms with Crippen molar-refractivity contribution in [3.63, 3.8) is 0 Å². The van der Waals surface area contributed by atoms with E-state index in [0.717, 1.165) is 34.7 Å². The van der Waals surface area contributed by atoms with Crippen LogP contribution in [-0.2, 0) is 11.2 Å². The molecule has 1 aromatic carbocycles. The van der Waals surface area contributed by atoms with Crippen molar-refractivity contribution in [1.29, 1.82) is 0 Å². The lowest BCUT2D eigenvalue weighted by Gasteiger charge is -2.06. The first-order valence-corrected chi connectivity index (χ1v) is 7.79. The summed E-state index contributed by atoms with van der Waals surface area (Å²) in [6.45, 7) is 2.45. The van der Waals surface area contributed by atoms with E-state index < -0.39 is 0 Å². The molecule has 0 aliphatic carbocycles. The van der Waals surface area contributed by atoms with Crippen molar-refractivity contribution in [1.82, 2.24) is 9.38 Å². The van der Waals surface area contributed by atoms with Gasteiger partial charge in [-0.15, -0.1) is 0 Å². The number of aryl methyl sites for hydroxylation is 1. The molecule has 3 rings (SSSR count). The van der Waals surface area contributed by atoms with Crippen LogP contribution in [0, 0.1) is 0 Å². The molecule has 23 heavy (non-hydrogen) atoms. The Labute approximate surface area is 135 Å². The average molecular weight is 308 g/mol. The molecular weight excluding hydrogens is 288 g/mol. The van der Waals surface area contributed by atoms with Gasteiger partial charge in [-0.2, -0.15) is 0 Å². The second kappa shape index (κ2) is 6.62. The van der Waals surface area contributed by atoms with Gasteiger partial charge in [0.15, 0.2) is 0 Å². The van der Waals surface area contributed by atoms with Gasteiger partial charge in [0, 0.05) is 24.7 Å². The zero-order valence-corrected chi connectivity index (χ0v) is 13.1. The van der Waals surface area contributed by atoms with Crippen molar-refractivity contribution in [3.8, 4) is 11.3 Å². The number of nitrogens with two attached hydrogens (primary N) is 1. The van der Waals surface area contributed by atoms with Crippen molar-refractivity contribution >= 4 is 17.2 Å². The Kier molecular flexibility index (Phi) is 4.39. The average Bonchev–Trinajstić information content (AvgIpc) is 2.93. The summed E-state index contributed by atoms with van der Waals surface area (Å²) in [6, 6.07) is 13.9. The Bertz CT molecular complexity index is 824. The standard InChI is InChI=1S/C18H20N4O/c1-2-15-18(13-6-4-3-5-7-13)21-16-9-8-14(12-22(15)16)20-17(23)10-11-19/h3-9,12H,2,10-11,19H2,1H3,(H,20,23). The number of aromatic nitrogens is 2. The number of nitrogens with zero attached hydrogens (tertiary/aromatic N) is 2. The van der Waals surface area contributed by atoms with Crippen LogP contribution in [0.1, 0.15) is 19.0 Å². The predicted octanol–water partition coefficient (Wildman–Crippen LogP) is 2.85. The zero-order valence-electron chi connectivity index (χ0n) is 13.1. The fourth-order valence-electron chi connectivity index (χ4n) is 2.69. The van der Waals surface area contributed by atoms with Crippen molar-refractivity contribution < 1.29 is 4.79 Å². The molecule has 3 aromatic rings. The molecular formula is C18H20N4O. The molecule has 0 saturated heterocycles. The van der Waals surface area contributed by atoms with E-state index in [1.807, 2.05) is 40.9 Å². The molecule has 0 fully saturated rings. The number of benzene rings is 1. The molecule has 0 unspecified atom stereocenters. The summed E-state index contributed by atoms with van der Waals surface area (Å²) in [6.07, 6.45) is 3.09. The van der Waals surface area contributed by atoms with E-state index >= 15 is 0 Å². The van der Waals surface area contributed by atoms with Crippen LogP contribution in [0.25, 0.3) is 16.9 Å². The highest BCUT2D eigenvalue weighted by Crippen LogP contribution is 2.25. The maximum atomic E-state index is 11.7. The molecule has 0 bridgehead atoms. The summed E-state index contributed by atoms with van der Waals surface area (Å²) in [4.78, 5) is 16.5. The predicted molar refractivity (Wildman–Crippen MR) is 92.3 cm³/mol. The van der Waals surface area contributed by atoms with Crippen molar-refractivity contribution in [2.24, 2.45) is 5.73 Å². The number of pyridine rings is 1. The number of carbonyl (C=O) groups is 1. The number of rotatable bonds is 5. The van der Waals surface area contributed by atoms with Crippen molar-refractivity contribution in [2.45, 2.75) is 19.8 Å². The number of hydrogen-bond acceptors (Lipinski definition) is 3. The Morgan fingerprint density at radius 2 is 2.00 bits per heavy atom. The van der Waals surface area contributed by atoms with Crippen molar-refractivity contribution in [2.75, 3.05) is 11.9 Å². The second-order valence-electron chi connectivity index (χ2n) is 5.36. The van der Waals surface area contributed by atoms with Gasteiger partial charge in [0.25, 0.3) is 0 Å². The monoisotopic (exact) mass is 308 g/mol. The van der Waals surface area contributed by atoms with Gasteiger partial charge in [-0.1, -0.05) is 37.3 Å². The van der Waals surface area contributed by atoms with E-state index in [9.17, 15) is 4.79 Å². The highest BCUT2D eigenvalue weighted by atomic mass is 16.1. The first-order chi connectivity index (χ1) is 11.2. The van der Waals surface area contributed by atoms with Crippen molar-refractivity contribution in [3.05, 3.63) is 54.4 Å². The van der Waals surface area contributed by atoms with Gasteiger partial charge >= 0.3 is 0 Å². The van der Waals surface area contributed by atoms with Crippen LogP contribution < -0.4 is 11.1 Å². The third kappa shape index (κ3) is 3.10. The molecule has 1 amide bonds. The lowest BCUT2D eigenvalue weighted by Crippen LogP contribution is -2.16. The first-order valence-electron chi connectivity index (χ1n) is 7.79. The Hall–Kier alpha value is -2.66. The maximum absolute atomic E-state index is 11.7. The minimum absolute atomic E-state index is 0.0757. The lowest BCUT2D eigenvalue weighted by molar-refractivity contribution is -0.116. The minimum atomic E-state index is -0.0757. The van der Waals surface area contributed by atoms with E-state index in [2.05, 4.69) is 24.4 Å². The zero-order chi connectivity index (χ0) is 16.2. The summed E-state index contributed by atoms with van der Waals surface area (Å²) in [5.41, 5.74) is 10.2. The largest absolute Gasteiger partial charge is 0.330 e. The van der Waals surface area contributed by atoms with Crippen LogP contribution >= 0.6 is 0 Å². The van der Waals surface area contributed by atoms with E-state index in [1.54, 1.807) is 0 Å². The van der Waals surface area contributed by atoms with Crippen LogP contribution in [0.15, 0.2) is 48.7 Å². The number of hydrogen-bond donors (Lipinski definition) is 2. The number of anilines is 1. The molecule has 3 N–H and O–H groups in total. The molecule has 0 radical (unpaired) electrons. The third-order valence-corrected chi connectivity index (χ3v) is 3.75. The molecule has 2 heterocycles. The first kappa shape index (κ1) is 15.2. The van der Waals surface area contributed by atoms with Crippen LogP contribution in [-0.4, -0.2) is 21.8 Å². The summed E-state index contributed by atoms with van der Waals surface area (Å²) >= 11 is 0. The summed E-state index contributed by atoms with van der Waals surface area (Å²) in [7, 11) is 0. The van der Waals surface area contributed by atoms with Crippen LogP contribution in [0.4, 0.5) is 5.69 Å². The van der Waals surface area contributed by atoms with Gasteiger partial charge in [-0.3, -0.25) is 4.79 Å².